The third-order valence-corrected chi connectivity index (χ3v) is 7.09. The van der Waals surface area contributed by atoms with Crippen molar-refractivity contribution in [2.75, 3.05) is 26.7 Å². The van der Waals surface area contributed by atoms with Gasteiger partial charge >= 0.3 is 0 Å². The highest BCUT2D eigenvalue weighted by atomic mass is 32.1. The number of aromatic nitrogens is 1. The molecule has 1 aliphatic heterocycles. The van der Waals surface area contributed by atoms with Gasteiger partial charge in [0.15, 0.2) is 6.61 Å². The van der Waals surface area contributed by atoms with Crippen LogP contribution in [-0.4, -0.2) is 53.5 Å². The molecule has 7 nitrogen and oxygen atoms in total. The molecule has 3 aromatic rings. The molecule has 1 aromatic carbocycles. The third kappa shape index (κ3) is 5.27. The lowest BCUT2D eigenvalue weighted by atomic mass is 10.1. The lowest BCUT2D eigenvalue weighted by Crippen LogP contribution is -2.38. The van der Waals surface area contributed by atoms with Crippen LogP contribution in [0, 0.1) is 13.8 Å². The van der Waals surface area contributed by atoms with E-state index in [0.29, 0.717) is 22.9 Å². The van der Waals surface area contributed by atoms with E-state index in [2.05, 4.69) is 5.16 Å². The molecule has 0 bridgehead atoms. The van der Waals surface area contributed by atoms with Gasteiger partial charge in [-0.1, -0.05) is 35.5 Å². The minimum atomic E-state index is -0.164. The van der Waals surface area contributed by atoms with E-state index in [4.69, 9.17) is 9.26 Å². The average molecular weight is 468 g/mol. The molecule has 2 aromatic heterocycles. The van der Waals surface area contributed by atoms with Crippen LogP contribution in [0.3, 0.4) is 0 Å². The molecule has 0 aliphatic carbocycles. The predicted octanol–water partition coefficient (Wildman–Crippen LogP) is 4.68. The monoisotopic (exact) mass is 467 g/mol. The highest BCUT2D eigenvalue weighted by molar-refractivity contribution is 7.17. The molecule has 174 valence electrons. The molecule has 0 unspecified atom stereocenters. The topological polar surface area (TPSA) is 75.9 Å². The highest BCUT2D eigenvalue weighted by Crippen LogP contribution is 2.37. The number of likely N-dealkylation sites (tertiary alicyclic amines) is 1. The van der Waals surface area contributed by atoms with Crippen molar-refractivity contribution in [1.29, 1.82) is 0 Å². The average Bonchev–Trinajstić information content (AvgIpc) is 3.41. The largest absolute Gasteiger partial charge is 0.482 e. The molecule has 2 amide bonds. The Labute approximate surface area is 197 Å². The summed E-state index contributed by atoms with van der Waals surface area (Å²) < 4.78 is 11.2. The Hall–Kier alpha value is -3.13. The van der Waals surface area contributed by atoms with Gasteiger partial charge in [-0.3, -0.25) is 9.59 Å². The Morgan fingerprint density at radius 1 is 1.15 bits per heavy atom. The van der Waals surface area contributed by atoms with Gasteiger partial charge in [-0.25, -0.2) is 0 Å². The Kier molecular flexibility index (Phi) is 7.13. The minimum absolute atomic E-state index is 0.0374. The van der Waals surface area contributed by atoms with Gasteiger partial charge in [0.25, 0.3) is 11.8 Å². The summed E-state index contributed by atoms with van der Waals surface area (Å²) in [7, 11) is 1.75. The van der Waals surface area contributed by atoms with Crippen LogP contribution >= 0.6 is 11.3 Å². The Balaban J connectivity index is 1.56. The molecule has 0 N–H and O–H groups in total. The highest BCUT2D eigenvalue weighted by Gasteiger charge is 2.25. The molecule has 1 fully saturated rings. The van der Waals surface area contributed by atoms with Gasteiger partial charge in [0.2, 0.25) is 0 Å². The van der Waals surface area contributed by atoms with Crippen LogP contribution in [0.15, 0.2) is 40.9 Å². The molecule has 1 saturated heterocycles. The Bertz CT molecular complexity index is 1100. The number of thiophene rings is 1. The van der Waals surface area contributed by atoms with E-state index >= 15 is 0 Å². The zero-order valence-corrected chi connectivity index (χ0v) is 20.1. The summed E-state index contributed by atoms with van der Waals surface area (Å²) in [6.45, 7) is 5.56. The maximum atomic E-state index is 13.4. The second kappa shape index (κ2) is 10.2. The maximum absolute atomic E-state index is 13.4. The number of carbonyl (C=O) groups excluding carboxylic acids is 2. The zero-order chi connectivity index (χ0) is 23.4. The second-order valence-corrected chi connectivity index (χ2v) is 9.42. The molecule has 0 radical (unpaired) electrons. The van der Waals surface area contributed by atoms with E-state index in [-0.39, 0.29) is 18.4 Å². The first kappa shape index (κ1) is 23.0. The summed E-state index contributed by atoms with van der Waals surface area (Å²) in [5.74, 6) is 0.943. The number of hydrogen-bond acceptors (Lipinski definition) is 6. The van der Waals surface area contributed by atoms with Gasteiger partial charge in [0.05, 0.1) is 12.2 Å². The fraction of sp³-hybridized carbons (Fsp3) is 0.400. The van der Waals surface area contributed by atoms with E-state index in [1.165, 1.54) is 11.3 Å². The number of hydrogen-bond donors (Lipinski definition) is 0. The molecular weight excluding hydrogens is 438 g/mol. The van der Waals surface area contributed by atoms with E-state index in [9.17, 15) is 9.59 Å². The van der Waals surface area contributed by atoms with Crippen molar-refractivity contribution >= 4 is 23.2 Å². The van der Waals surface area contributed by atoms with E-state index in [1.54, 1.807) is 11.9 Å². The van der Waals surface area contributed by atoms with Crippen molar-refractivity contribution in [3.8, 4) is 16.2 Å². The first-order valence-electron chi connectivity index (χ1n) is 11.2. The summed E-state index contributed by atoms with van der Waals surface area (Å²) in [6.07, 6.45) is 3.21. The summed E-state index contributed by atoms with van der Waals surface area (Å²) in [6, 6.07) is 11.7. The molecule has 0 spiro atoms. The number of benzene rings is 1. The smallest absolute Gasteiger partial charge is 0.267 e. The van der Waals surface area contributed by atoms with Crippen LogP contribution in [0.25, 0.3) is 10.4 Å². The normalized spacial score (nSPS) is 13.7. The van der Waals surface area contributed by atoms with Crippen molar-refractivity contribution in [2.24, 2.45) is 0 Å². The zero-order valence-electron chi connectivity index (χ0n) is 19.3. The molecule has 1 aliphatic rings. The number of piperidine rings is 1. The van der Waals surface area contributed by atoms with E-state index in [1.807, 2.05) is 55.1 Å². The number of nitrogens with zero attached hydrogens (tertiary/aromatic N) is 3. The van der Waals surface area contributed by atoms with Gasteiger partial charge < -0.3 is 19.1 Å². The molecule has 8 heteroatoms. The SMILES string of the molecule is Cc1noc(C)c1CN(C)C(=O)c1sc(-c2ccccc2)cc1OCC(=O)N1CCCCC1. The minimum Gasteiger partial charge on any atom is -0.482 e. The fourth-order valence-electron chi connectivity index (χ4n) is 3.96. The maximum Gasteiger partial charge on any atom is 0.267 e. The lowest BCUT2D eigenvalue weighted by molar-refractivity contribution is -0.134. The molecule has 0 saturated carbocycles. The summed E-state index contributed by atoms with van der Waals surface area (Å²) in [5, 5.41) is 3.98. The second-order valence-electron chi connectivity index (χ2n) is 8.36. The number of carbonyl (C=O) groups is 2. The third-order valence-electron chi connectivity index (χ3n) is 5.93. The van der Waals surface area contributed by atoms with Crippen LogP contribution in [0.2, 0.25) is 0 Å². The predicted molar refractivity (Wildman–Crippen MR) is 127 cm³/mol. The molecule has 4 rings (SSSR count). The van der Waals surface area contributed by atoms with Gasteiger partial charge in [-0.2, -0.15) is 0 Å². The summed E-state index contributed by atoms with van der Waals surface area (Å²) >= 11 is 1.38. The number of aryl methyl sites for hydroxylation is 2. The van der Waals surface area contributed by atoms with Crippen LogP contribution in [-0.2, 0) is 11.3 Å². The Morgan fingerprint density at radius 2 is 1.88 bits per heavy atom. The Morgan fingerprint density at radius 3 is 2.55 bits per heavy atom. The fourth-order valence-corrected chi connectivity index (χ4v) is 5.06. The molecule has 3 heterocycles. The van der Waals surface area contributed by atoms with Gasteiger partial charge in [-0.15, -0.1) is 11.3 Å². The van der Waals surface area contributed by atoms with Crippen molar-refractivity contribution in [3.05, 3.63) is 58.3 Å². The van der Waals surface area contributed by atoms with Crippen LogP contribution in [0.1, 0.15) is 46.0 Å². The number of amides is 2. The van der Waals surface area contributed by atoms with Crippen molar-refractivity contribution in [1.82, 2.24) is 15.0 Å². The van der Waals surface area contributed by atoms with Gasteiger partial charge in [0, 0.05) is 30.6 Å². The van der Waals surface area contributed by atoms with E-state index in [0.717, 1.165) is 54.0 Å². The van der Waals surface area contributed by atoms with E-state index < -0.39 is 0 Å². The molecule has 33 heavy (non-hydrogen) atoms. The van der Waals surface area contributed by atoms with Crippen LogP contribution in [0.5, 0.6) is 5.75 Å². The van der Waals surface area contributed by atoms with Gasteiger partial charge in [0.1, 0.15) is 16.4 Å². The summed E-state index contributed by atoms with van der Waals surface area (Å²) in [5.41, 5.74) is 2.67. The molecule has 0 atom stereocenters. The number of rotatable bonds is 7. The number of ether oxygens (including phenoxy) is 1. The standard InChI is InChI=1S/C25H29N3O4S/c1-17-20(18(2)32-26-17)15-27(3)25(30)24-21(14-22(33-24)19-10-6-4-7-11-19)31-16-23(29)28-12-8-5-9-13-28/h4,6-7,10-11,14H,5,8-9,12-13,15-16H2,1-3H3. The molecular formula is C25H29N3O4S. The quantitative estimate of drug-likeness (QED) is 0.504. The van der Waals surface area contributed by atoms with Crippen LogP contribution < -0.4 is 4.74 Å². The lowest BCUT2D eigenvalue weighted by Gasteiger charge is -2.26. The summed E-state index contributed by atoms with van der Waals surface area (Å²) in [4.78, 5) is 30.9. The first-order valence-corrected chi connectivity index (χ1v) is 12.0. The van der Waals surface area contributed by atoms with Crippen molar-refractivity contribution < 1.29 is 18.8 Å². The van der Waals surface area contributed by atoms with Crippen molar-refractivity contribution in [3.63, 3.8) is 0 Å². The van der Waals surface area contributed by atoms with Crippen LogP contribution in [0.4, 0.5) is 0 Å². The first-order chi connectivity index (χ1) is 15.9. The van der Waals surface area contributed by atoms with Gasteiger partial charge in [-0.05, 0) is 44.7 Å². The van der Waals surface area contributed by atoms with Crippen molar-refractivity contribution in [2.45, 2.75) is 39.7 Å².